The Hall–Kier alpha value is -3.33. The molecular formula is C22H22N4O4S. The molecule has 1 fully saturated rings. The number of para-hydroxylation sites is 2. The van der Waals surface area contributed by atoms with Crippen molar-refractivity contribution in [1.82, 2.24) is 9.97 Å². The predicted octanol–water partition coefficient (Wildman–Crippen LogP) is 5.07. The number of carboxylic acid groups (broad SMARTS) is 1. The van der Waals surface area contributed by atoms with Crippen LogP contribution < -0.4 is 4.90 Å². The van der Waals surface area contributed by atoms with Crippen LogP contribution in [-0.4, -0.2) is 39.1 Å². The Balaban J connectivity index is 1.73. The third kappa shape index (κ3) is 4.88. The molecule has 31 heavy (non-hydrogen) atoms. The van der Waals surface area contributed by atoms with Crippen molar-refractivity contribution < 1.29 is 14.8 Å². The summed E-state index contributed by atoms with van der Waals surface area (Å²) in [5.41, 5.74) is 2.84. The highest BCUT2D eigenvalue weighted by atomic mass is 32.2. The number of H-pyrrole nitrogens is 1. The smallest absolute Gasteiger partial charge is 0.342 e. The van der Waals surface area contributed by atoms with Crippen molar-refractivity contribution >= 4 is 46.2 Å². The van der Waals surface area contributed by atoms with Gasteiger partial charge in [-0.2, -0.15) is 0 Å². The van der Waals surface area contributed by atoms with E-state index in [4.69, 9.17) is 0 Å². The van der Waals surface area contributed by atoms with Gasteiger partial charge in [0, 0.05) is 36.5 Å². The van der Waals surface area contributed by atoms with E-state index in [-0.39, 0.29) is 10.6 Å². The summed E-state index contributed by atoms with van der Waals surface area (Å²) >= 11 is 0.998. The number of thioether (sulfide) groups is 1. The summed E-state index contributed by atoms with van der Waals surface area (Å²) in [5, 5.41) is 21.6. The number of anilines is 1. The van der Waals surface area contributed by atoms with E-state index in [1.807, 2.05) is 24.3 Å². The highest BCUT2D eigenvalue weighted by molar-refractivity contribution is 8.04. The average Bonchev–Trinajstić information content (AvgIpc) is 2.97. The number of nitrogens with zero attached hydrogens (tertiary/aromatic N) is 3. The predicted molar refractivity (Wildman–Crippen MR) is 121 cm³/mol. The van der Waals surface area contributed by atoms with Gasteiger partial charge in [0.15, 0.2) is 5.16 Å². The zero-order valence-electron chi connectivity index (χ0n) is 16.8. The molecule has 0 unspecified atom stereocenters. The lowest BCUT2D eigenvalue weighted by atomic mass is 10.1. The maximum absolute atomic E-state index is 12.0. The summed E-state index contributed by atoms with van der Waals surface area (Å²) in [6.07, 6.45) is 5.89. The van der Waals surface area contributed by atoms with E-state index in [2.05, 4.69) is 14.9 Å². The van der Waals surface area contributed by atoms with Crippen molar-refractivity contribution in [3.8, 4) is 0 Å². The fraction of sp³-hybridized carbons (Fsp3) is 0.273. The lowest BCUT2D eigenvalue weighted by molar-refractivity contribution is -0.384. The molecule has 0 spiro atoms. The maximum atomic E-state index is 12.0. The Bertz CT molecular complexity index is 1120. The summed E-state index contributed by atoms with van der Waals surface area (Å²) in [4.78, 5) is 32.7. The standard InChI is InChI=1S/C22H22N4O4S/c27-21(28)20(31-22-23-17-7-3-4-8-18(17)24-22)14-15-13-16(26(29)30)9-10-19(15)25-11-5-1-2-6-12-25/h3-4,7-10,13-14H,1-2,5-6,11-12H2,(H,23,24)(H,27,28)/b20-14+. The highest BCUT2D eigenvalue weighted by Gasteiger charge is 2.19. The van der Waals surface area contributed by atoms with Crippen molar-refractivity contribution in [3.63, 3.8) is 0 Å². The number of aromatic nitrogens is 2. The van der Waals surface area contributed by atoms with Gasteiger partial charge >= 0.3 is 5.97 Å². The normalized spacial score (nSPS) is 15.1. The summed E-state index contributed by atoms with van der Waals surface area (Å²) in [7, 11) is 0. The number of nitro groups is 1. The largest absolute Gasteiger partial charge is 0.477 e. The molecule has 2 aromatic carbocycles. The minimum absolute atomic E-state index is 0.0376. The first-order valence-electron chi connectivity index (χ1n) is 10.1. The zero-order chi connectivity index (χ0) is 21.8. The Morgan fingerprint density at radius 2 is 1.90 bits per heavy atom. The molecule has 1 aliphatic heterocycles. The van der Waals surface area contributed by atoms with E-state index >= 15 is 0 Å². The van der Waals surface area contributed by atoms with Gasteiger partial charge in [0.1, 0.15) is 4.91 Å². The molecule has 1 saturated heterocycles. The lowest BCUT2D eigenvalue weighted by Crippen LogP contribution is -2.24. The van der Waals surface area contributed by atoms with E-state index in [0.717, 1.165) is 67.3 Å². The van der Waals surface area contributed by atoms with Gasteiger partial charge in [0.2, 0.25) is 0 Å². The summed E-state index contributed by atoms with van der Waals surface area (Å²) in [5.74, 6) is -1.11. The van der Waals surface area contributed by atoms with Gasteiger partial charge < -0.3 is 15.0 Å². The maximum Gasteiger partial charge on any atom is 0.342 e. The SMILES string of the molecule is O=C(O)/C(=C\c1cc([N+](=O)[O-])ccc1N1CCCCCC1)Sc1nc2ccccc2[nH]1. The van der Waals surface area contributed by atoms with E-state index < -0.39 is 10.9 Å². The molecule has 4 rings (SSSR count). The number of nitrogens with one attached hydrogen (secondary N) is 1. The molecular weight excluding hydrogens is 416 g/mol. The fourth-order valence-corrected chi connectivity index (χ4v) is 4.52. The molecule has 0 atom stereocenters. The van der Waals surface area contributed by atoms with Crippen molar-refractivity contribution in [3.05, 3.63) is 63.0 Å². The average molecular weight is 439 g/mol. The summed E-state index contributed by atoms with van der Waals surface area (Å²) in [6.45, 7) is 1.69. The molecule has 0 saturated carbocycles. The number of imidazole rings is 1. The fourth-order valence-electron chi connectivity index (χ4n) is 3.73. The number of benzene rings is 2. The van der Waals surface area contributed by atoms with E-state index in [1.165, 1.54) is 18.2 Å². The third-order valence-corrected chi connectivity index (χ3v) is 6.14. The highest BCUT2D eigenvalue weighted by Crippen LogP contribution is 2.33. The molecule has 1 aromatic heterocycles. The second-order valence-electron chi connectivity index (χ2n) is 7.38. The molecule has 1 aliphatic rings. The van der Waals surface area contributed by atoms with Crippen LogP contribution in [0.1, 0.15) is 31.2 Å². The number of hydrogen-bond acceptors (Lipinski definition) is 6. The first-order chi connectivity index (χ1) is 15.0. The number of carbonyl (C=O) groups is 1. The van der Waals surface area contributed by atoms with Crippen LogP contribution in [0, 0.1) is 10.1 Å². The number of fused-ring (bicyclic) bond motifs is 1. The molecule has 2 N–H and O–H groups in total. The monoisotopic (exact) mass is 438 g/mol. The number of aliphatic carboxylic acids is 1. The number of hydrogen-bond donors (Lipinski definition) is 2. The molecule has 0 amide bonds. The number of rotatable bonds is 6. The number of carboxylic acids is 1. The molecule has 160 valence electrons. The molecule has 9 heteroatoms. The first-order valence-corrected chi connectivity index (χ1v) is 10.9. The van der Waals surface area contributed by atoms with Gasteiger partial charge in [0.25, 0.3) is 5.69 Å². The van der Waals surface area contributed by atoms with Crippen LogP contribution in [0.25, 0.3) is 17.1 Å². The molecule has 3 aromatic rings. The van der Waals surface area contributed by atoms with E-state index in [0.29, 0.717) is 10.7 Å². The summed E-state index contributed by atoms with van der Waals surface area (Å²) < 4.78 is 0. The van der Waals surface area contributed by atoms with Gasteiger partial charge in [-0.25, -0.2) is 9.78 Å². The van der Waals surface area contributed by atoms with Crippen LogP contribution in [0.2, 0.25) is 0 Å². The van der Waals surface area contributed by atoms with Gasteiger partial charge in [0.05, 0.1) is 16.0 Å². The van der Waals surface area contributed by atoms with Gasteiger partial charge in [-0.15, -0.1) is 0 Å². The lowest BCUT2D eigenvalue weighted by Gasteiger charge is -2.24. The molecule has 0 aliphatic carbocycles. The van der Waals surface area contributed by atoms with Crippen LogP contribution >= 0.6 is 11.8 Å². The van der Waals surface area contributed by atoms with Crippen LogP contribution in [0.5, 0.6) is 0 Å². The van der Waals surface area contributed by atoms with E-state index in [1.54, 1.807) is 6.07 Å². The van der Waals surface area contributed by atoms with Crippen LogP contribution in [0.4, 0.5) is 11.4 Å². The Kier molecular flexibility index (Phi) is 6.22. The number of aromatic amines is 1. The quantitative estimate of drug-likeness (QED) is 0.239. The van der Waals surface area contributed by atoms with Crippen molar-refractivity contribution in [1.29, 1.82) is 0 Å². The Labute approximate surface area is 183 Å². The van der Waals surface area contributed by atoms with Crippen molar-refractivity contribution in [2.45, 2.75) is 30.8 Å². The van der Waals surface area contributed by atoms with Gasteiger partial charge in [-0.05, 0) is 48.9 Å². The van der Waals surface area contributed by atoms with Gasteiger partial charge in [-0.3, -0.25) is 10.1 Å². The number of nitro benzene ring substituents is 1. The number of non-ortho nitro benzene ring substituents is 1. The Morgan fingerprint density at radius 1 is 1.16 bits per heavy atom. The summed E-state index contributed by atoms with van der Waals surface area (Å²) in [6, 6.07) is 12.1. The van der Waals surface area contributed by atoms with Crippen LogP contribution in [0.15, 0.2) is 52.5 Å². The second-order valence-corrected chi connectivity index (χ2v) is 8.41. The van der Waals surface area contributed by atoms with Crippen molar-refractivity contribution in [2.24, 2.45) is 0 Å². The molecule has 8 nitrogen and oxygen atoms in total. The van der Waals surface area contributed by atoms with Gasteiger partial charge in [-0.1, -0.05) is 25.0 Å². The molecule has 0 radical (unpaired) electrons. The third-order valence-electron chi connectivity index (χ3n) is 5.24. The molecule has 0 bridgehead atoms. The minimum Gasteiger partial charge on any atom is -0.477 e. The minimum atomic E-state index is -1.11. The Morgan fingerprint density at radius 3 is 2.58 bits per heavy atom. The molecule has 2 heterocycles. The van der Waals surface area contributed by atoms with Crippen LogP contribution in [0.3, 0.4) is 0 Å². The van der Waals surface area contributed by atoms with Crippen molar-refractivity contribution in [2.75, 3.05) is 18.0 Å². The van der Waals surface area contributed by atoms with Crippen LogP contribution in [-0.2, 0) is 4.79 Å². The van der Waals surface area contributed by atoms with E-state index in [9.17, 15) is 20.0 Å². The zero-order valence-corrected chi connectivity index (χ0v) is 17.6. The topological polar surface area (TPSA) is 112 Å². The second kappa shape index (κ2) is 9.22. The first kappa shape index (κ1) is 20.9.